The van der Waals surface area contributed by atoms with Crippen molar-refractivity contribution in [3.63, 3.8) is 0 Å². The number of ether oxygens (including phenoxy) is 1. The van der Waals surface area contributed by atoms with E-state index in [1.165, 1.54) is 23.9 Å². The third-order valence-corrected chi connectivity index (χ3v) is 5.70. The lowest BCUT2D eigenvalue weighted by Gasteiger charge is -2.37. The summed E-state index contributed by atoms with van der Waals surface area (Å²) in [7, 11) is 0. The summed E-state index contributed by atoms with van der Waals surface area (Å²) in [6, 6.07) is 8.45. The molecule has 0 aliphatic heterocycles. The highest BCUT2D eigenvalue weighted by molar-refractivity contribution is 5.96. The van der Waals surface area contributed by atoms with Crippen LogP contribution in [0.5, 0.6) is 5.75 Å². The first-order chi connectivity index (χ1) is 15.6. The van der Waals surface area contributed by atoms with E-state index in [1.54, 1.807) is 39.8 Å². The molecule has 1 aliphatic carbocycles. The Balaban J connectivity index is 1.45. The average molecular weight is 452 g/mol. The fraction of sp³-hybridized carbons (Fsp3) is 0.440. The molecule has 2 aromatic heterocycles. The zero-order chi connectivity index (χ0) is 23.8. The van der Waals surface area contributed by atoms with Crippen molar-refractivity contribution in [1.29, 1.82) is 0 Å². The number of benzene rings is 1. The lowest BCUT2D eigenvalue weighted by molar-refractivity contribution is 0.0676. The minimum Gasteiger partial charge on any atom is -0.493 e. The van der Waals surface area contributed by atoms with Crippen LogP contribution in [-0.2, 0) is 0 Å². The van der Waals surface area contributed by atoms with E-state index >= 15 is 0 Å². The molecule has 4 rings (SSSR count). The van der Waals surface area contributed by atoms with Gasteiger partial charge < -0.3 is 19.2 Å². The van der Waals surface area contributed by atoms with E-state index < -0.39 is 17.7 Å². The average Bonchev–Trinajstić information content (AvgIpc) is 3.47. The second kappa shape index (κ2) is 8.84. The molecule has 174 valence electrons. The number of carbonyl (C=O) groups is 2. The zero-order valence-electron chi connectivity index (χ0n) is 19.4. The number of aromatic nitrogens is 2. The van der Waals surface area contributed by atoms with Crippen molar-refractivity contribution >= 4 is 23.0 Å². The molecule has 1 aliphatic rings. The van der Waals surface area contributed by atoms with Crippen LogP contribution in [0.1, 0.15) is 57.3 Å². The first kappa shape index (κ1) is 22.8. The van der Waals surface area contributed by atoms with Crippen LogP contribution in [0, 0.1) is 5.92 Å². The monoisotopic (exact) mass is 451 g/mol. The van der Waals surface area contributed by atoms with E-state index in [0.717, 1.165) is 12.4 Å². The molecule has 1 fully saturated rings. The Morgan fingerprint density at radius 2 is 2.00 bits per heavy atom. The van der Waals surface area contributed by atoms with Crippen molar-refractivity contribution in [3.8, 4) is 17.3 Å². The zero-order valence-corrected chi connectivity index (χ0v) is 19.4. The van der Waals surface area contributed by atoms with E-state index in [0.29, 0.717) is 34.2 Å². The highest BCUT2D eigenvalue weighted by Gasteiger charge is 2.32. The second-order valence-corrected chi connectivity index (χ2v) is 9.63. The van der Waals surface area contributed by atoms with Gasteiger partial charge in [0.2, 0.25) is 5.89 Å². The minimum atomic E-state index is -1.05. The molecule has 1 unspecified atom stereocenters. The molecule has 33 heavy (non-hydrogen) atoms. The molecule has 2 heterocycles. The Labute approximate surface area is 192 Å². The maximum Gasteiger partial charge on any atom is 0.407 e. The van der Waals surface area contributed by atoms with Gasteiger partial charge in [-0.3, -0.25) is 9.78 Å². The fourth-order valence-electron chi connectivity index (χ4n) is 3.90. The van der Waals surface area contributed by atoms with E-state index in [2.05, 4.69) is 9.97 Å². The number of carboxylic acid groups (broad SMARTS) is 1. The Bertz CT molecular complexity index is 1160. The van der Waals surface area contributed by atoms with Crippen LogP contribution in [0.3, 0.4) is 0 Å². The number of pyridine rings is 1. The van der Waals surface area contributed by atoms with Gasteiger partial charge in [0.25, 0.3) is 0 Å². The molecule has 0 radical (unpaired) electrons. The molecule has 0 spiro atoms. The van der Waals surface area contributed by atoms with Crippen molar-refractivity contribution in [2.75, 3.05) is 6.61 Å². The third kappa shape index (κ3) is 5.32. The fourth-order valence-corrected chi connectivity index (χ4v) is 3.90. The Morgan fingerprint density at radius 3 is 2.61 bits per heavy atom. The summed E-state index contributed by atoms with van der Waals surface area (Å²) in [6.45, 7) is 7.88. The topological polar surface area (TPSA) is 106 Å². The number of ketones is 1. The number of nitrogens with zero attached hydrogens (tertiary/aromatic N) is 3. The first-order valence-electron chi connectivity index (χ1n) is 11.2. The summed E-state index contributed by atoms with van der Waals surface area (Å²) in [4.78, 5) is 34.5. The van der Waals surface area contributed by atoms with Crippen LogP contribution in [-0.4, -0.2) is 50.0 Å². The first-order valence-corrected chi connectivity index (χ1v) is 11.2. The number of hydrogen-bond donors (Lipinski definition) is 1. The molecule has 1 amide bonds. The summed E-state index contributed by atoms with van der Waals surface area (Å²) in [5.74, 6) is 1.61. The number of hydrogen-bond acceptors (Lipinski definition) is 6. The molecule has 1 aromatic carbocycles. The maximum absolute atomic E-state index is 12.7. The van der Waals surface area contributed by atoms with Gasteiger partial charge in [-0.2, -0.15) is 0 Å². The summed E-state index contributed by atoms with van der Waals surface area (Å²) in [5, 5.41) is 9.54. The maximum atomic E-state index is 12.7. The summed E-state index contributed by atoms with van der Waals surface area (Å²) >= 11 is 0. The van der Waals surface area contributed by atoms with Crippen LogP contribution >= 0.6 is 0 Å². The van der Waals surface area contributed by atoms with Gasteiger partial charge in [0, 0.05) is 35.8 Å². The predicted octanol–water partition coefficient (Wildman–Crippen LogP) is 5.42. The third-order valence-electron chi connectivity index (χ3n) is 5.70. The highest BCUT2D eigenvalue weighted by atomic mass is 16.5. The van der Waals surface area contributed by atoms with Gasteiger partial charge in [0.1, 0.15) is 17.0 Å². The molecule has 1 atom stereocenters. The number of Topliss-reactive ketones (excluding diaryl/α,β-unsaturated/α-hetero) is 1. The van der Waals surface area contributed by atoms with E-state index in [1.807, 2.05) is 18.2 Å². The highest BCUT2D eigenvalue weighted by Crippen LogP contribution is 2.31. The van der Waals surface area contributed by atoms with Crippen molar-refractivity contribution in [2.45, 2.75) is 58.5 Å². The largest absolute Gasteiger partial charge is 0.493 e. The number of carbonyl (C=O) groups excluding carboxylic acids is 1. The molecule has 8 heteroatoms. The smallest absolute Gasteiger partial charge is 0.407 e. The molecule has 0 bridgehead atoms. The summed E-state index contributed by atoms with van der Waals surface area (Å²) < 4.78 is 11.7. The lowest BCUT2D eigenvalue weighted by atomic mass is 9.99. The molecule has 1 saturated carbocycles. The van der Waals surface area contributed by atoms with Gasteiger partial charge in [-0.25, -0.2) is 9.78 Å². The molecule has 3 aromatic rings. The number of fused-ring (bicyclic) bond motifs is 1. The predicted molar refractivity (Wildman–Crippen MR) is 123 cm³/mol. The van der Waals surface area contributed by atoms with E-state index in [-0.39, 0.29) is 12.2 Å². The Kier molecular flexibility index (Phi) is 6.10. The quantitative estimate of drug-likeness (QED) is 0.456. The van der Waals surface area contributed by atoms with Crippen molar-refractivity contribution < 1.29 is 23.8 Å². The SMILES string of the molecule is CC(CC(=O)c1ccc(-c2nc3ccc(OCC4CC4)cc3o2)nc1)N(C(=O)O)C(C)(C)C. The molecular formula is C25H29N3O5. The normalized spacial score (nSPS) is 14.8. The summed E-state index contributed by atoms with van der Waals surface area (Å²) in [5.41, 5.74) is 1.64. The lowest BCUT2D eigenvalue weighted by Crippen LogP contribution is -2.50. The standard InChI is InChI=1S/C25H29N3O5/c1-15(28(24(30)31)25(2,3)4)11-21(29)17-7-9-20(26-13-17)23-27-19-10-8-18(12-22(19)33-23)32-14-16-5-6-16/h7-10,12-13,15-16H,5-6,11,14H2,1-4H3,(H,30,31). The van der Waals surface area contributed by atoms with Crippen molar-refractivity contribution in [3.05, 3.63) is 42.1 Å². The van der Waals surface area contributed by atoms with Crippen molar-refractivity contribution in [1.82, 2.24) is 14.9 Å². The molecule has 8 nitrogen and oxygen atoms in total. The second-order valence-electron chi connectivity index (χ2n) is 9.63. The van der Waals surface area contributed by atoms with E-state index in [9.17, 15) is 14.7 Å². The van der Waals surface area contributed by atoms with Crippen LogP contribution in [0.15, 0.2) is 40.9 Å². The van der Waals surface area contributed by atoms with Crippen LogP contribution in [0.25, 0.3) is 22.7 Å². The van der Waals surface area contributed by atoms with Crippen LogP contribution < -0.4 is 4.74 Å². The van der Waals surface area contributed by atoms with Gasteiger partial charge in [0.15, 0.2) is 11.4 Å². The van der Waals surface area contributed by atoms with Gasteiger partial charge in [-0.05, 0) is 70.7 Å². The van der Waals surface area contributed by atoms with Gasteiger partial charge >= 0.3 is 6.09 Å². The van der Waals surface area contributed by atoms with Crippen LogP contribution in [0.2, 0.25) is 0 Å². The Morgan fingerprint density at radius 1 is 1.24 bits per heavy atom. The van der Waals surface area contributed by atoms with Gasteiger partial charge in [-0.15, -0.1) is 0 Å². The van der Waals surface area contributed by atoms with Crippen LogP contribution in [0.4, 0.5) is 4.79 Å². The molecular weight excluding hydrogens is 422 g/mol. The molecule has 0 saturated heterocycles. The summed E-state index contributed by atoms with van der Waals surface area (Å²) in [6.07, 6.45) is 2.95. The van der Waals surface area contributed by atoms with Gasteiger partial charge in [-0.1, -0.05) is 0 Å². The van der Waals surface area contributed by atoms with Gasteiger partial charge in [0.05, 0.1) is 6.61 Å². The molecule has 1 N–H and O–H groups in total. The van der Waals surface area contributed by atoms with E-state index in [4.69, 9.17) is 9.15 Å². The number of rotatable bonds is 8. The number of amides is 1. The van der Waals surface area contributed by atoms with Crippen molar-refractivity contribution in [2.24, 2.45) is 5.92 Å². The minimum absolute atomic E-state index is 0.0666. The Hall–Kier alpha value is -3.42. The number of oxazole rings is 1.